The number of hydrogen-bond donors (Lipinski definition) is 2. The average molecular weight is 400 g/mol. The first-order valence-corrected chi connectivity index (χ1v) is 9.38. The molecule has 1 saturated heterocycles. The van der Waals surface area contributed by atoms with Gasteiger partial charge in [-0.1, -0.05) is 6.07 Å². The molecule has 10 heteroatoms. The molecule has 0 unspecified atom stereocenters. The largest absolute Gasteiger partial charge is 0.366 e. The first kappa shape index (κ1) is 17.8. The highest BCUT2D eigenvalue weighted by Gasteiger charge is 2.58. The highest BCUT2D eigenvalue weighted by Crippen LogP contribution is 2.42. The van der Waals surface area contributed by atoms with Crippen LogP contribution in [-0.2, 0) is 0 Å². The molecular formula is C19H18F2N6O2. The summed E-state index contributed by atoms with van der Waals surface area (Å²) in [7, 11) is 0. The van der Waals surface area contributed by atoms with E-state index >= 15 is 0 Å². The molecule has 2 N–H and O–H groups in total. The number of carbonyl (C=O) groups excluding carboxylic acids is 2. The first-order chi connectivity index (χ1) is 13.9. The van der Waals surface area contributed by atoms with Gasteiger partial charge >= 0.3 is 6.03 Å². The van der Waals surface area contributed by atoms with Gasteiger partial charge in [0.05, 0.1) is 17.8 Å². The Hall–Kier alpha value is -3.30. The fraction of sp³-hybridized carbons (Fsp3) is 0.368. The molecule has 2 aromatic rings. The van der Waals surface area contributed by atoms with Gasteiger partial charge in [0.2, 0.25) is 0 Å². The lowest BCUT2D eigenvalue weighted by Crippen LogP contribution is -2.48. The van der Waals surface area contributed by atoms with Gasteiger partial charge in [0.25, 0.3) is 11.8 Å². The third-order valence-electron chi connectivity index (χ3n) is 5.43. The van der Waals surface area contributed by atoms with Gasteiger partial charge in [-0.3, -0.25) is 15.0 Å². The number of halogens is 2. The van der Waals surface area contributed by atoms with Gasteiger partial charge in [-0.05, 0) is 30.7 Å². The highest BCUT2D eigenvalue weighted by atomic mass is 19.3. The zero-order chi connectivity index (χ0) is 20.2. The van der Waals surface area contributed by atoms with Crippen molar-refractivity contribution in [2.45, 2.75) is 30.8 Å². The Morgan fingerprint density at radius 2 is 2.03 bits per heavy atom. The maximum absolute atomic E-state index is 13.1. The molecule has 29 heavy (non-hydrogen) atoms. The average Bonchev–Trinajstić information content (AvgIpc) is 3.09. The molecule has 2 aliphatic heterocycles. The molecule has 3 amide bonds. The van der Waals surface area contributed by atoms with Crippen LogP contribution >= 0.6 is 0 Å². The summed E-state index contributed by atoms with van der Waals surface area (Å²) in [5.74, 6) is -2.77. The van der Waals surface area contributed by atoms with E-state index in [1.165, 1.54) is 11.0 Å². The maximum atomic E-state index is 13.1. The second-order valence-electron chi connectivity index (χ2n) is 7.43. The molecule has 2 fully saturated rings. The monoisotopic (exact) mass is 400 g/mol. The molecule has 1 aliphatic carbocycles. The van der Waals surface area contributed by atoms with Crippen LogP contribution in [0.25, 0.3) is 0 Å². The Kier molecular flexibility index (Phi) is 3.90. The number of amides is 3. The van der Waals surface area contributed by atoms with Crippen molar-refractivity contribution >= 4 is 29.3 Å². The van der Waals surface area contributed by atoms with Crippen molar-refractivity contribution in [3.05, 3.63) is 42.2 Å². The van der Waals surface area contributed by atoms with Gasteiger partial charge in [0.1, 0.15) is 11.5 Å². The van der Waals surface area contributed by atoms with Crippen LogP contribution in [0.5, 0.6) is 0 Å². The Bertz CT molecular complexity index is 986. The predicted octanol–water partition coefficient (Wildman–Crippen LogP) is 2.24. The zero-order valence-corrected chi connectivity index (χ0v) is 15.3. The van der Waals surface area contributed by atoms with Crippen molar-refractivity contribution in [2.24, 2.45) is 0 Å². The van der Waals surface area contributed by atoms with Crippen LogP contribution in [0.15, 0.2) is 36.5 Å². The molecule has 3 aliphatic rings. The summed E-state index contributed by atoms with van der Waals surface area (Å²) in [6.07, 6.45) is 1.98. The van der Waals surface area contributed by atoms with E-state index in [1.54, 1.807) is 30.5 Å². The number of urea groups is 1. The van der Waals surface area contributed by atoms with Crippen LogP contribution in [0, 0.1) is 0 Å². The summed E-state index contributed by atoms with van der Waals surface area (Å²) in [6.45, 7) is 1.44. The second kappa shape index (κ2) is 6.36. The standard InChI is InChI=1S/C19H18F2N6O2/c20-19(21)9-14(19)24-17(28)12-4-5-13-16(23-12)27(11-6-8-26(13)10-11)18(29)25-15-3-1-2-7-22-15/h1-5,7,11,14H,6,8-10H2,(H,24,28)(H,22,25,29)/t11-,14+/m0/s1. The molecule has 150 valence electrons. The smallest absolute Gasteiger partial charge is 0.329 e. The van der Waals surface area contributed by atoms with E-state index in [4.69, 9.17) is 0 Å². The lowest BCUT2D eigenvalue weighted by Gasteiger charge is -2.35. The van der Waals surface area contributed by atoms with E-state index < -0.39 is 23.9 Å². The molecule has 4 heterocycles. The Balaban J connectivity index is 1.44. The molecule has 0 aromatic carbocycles. The number of fused-ring (bicyclic) bond motifs is 4. The van der Waals surface area contributed by atoms with Crippen molar-refractivity contribution in [1.29, 1.82) is 0 Å². The normalized spacial score (nSPS) is 23.4. The number of rotatable bonds is 3. The molecule has 5 rings (SSSR count). The van der Waals surface area contributed by atoms with Crippen molar-refractivity contribution in [1.82, 2.24) is 15.3 Å². The summed E-state index contributed by atoms with van der Waals surface area (Å²) >= 11 is 0. The minimum atomic E-state index is -2.86. The Labute approximate surface area is 164 Å². The number of hydrogen-bond acceptors (Lipinski definition) is 5. The lowest BCUT2D eigenvalue weighted by molar-refractivity contribution is 0.0845. The molecule has 0 spiro atoms. The topological polar surface area (TPSA) is 90.5 Å². The van der Waals surface area contributed by atoms with E-state index in [1.807, 2.05) is 0 Å². The van der Waals surface area contributed by atoms with Gasteiger partial charge < -0.3 is 10.2 Å². The SMILES string of the molecule is O=C(N[C@@H]1CC1(F)F)c1ccc2c(n1)N(C(=O)Nc1ccccn1)[C@H]1CCN2C1. The molecule has 2 atom stereocenters. The van der Waals surface area contributed by atoms with Crippen LogP contribution in [0.2, 0.25) is 0 Å². The number of alkyl halides is 2. The van der Waals surface area contributed by atoms with Crippen LogP contribution < -0.4 is 20.4 Å². The molecule has 2 aromatic heterocycles. The van der Waals surface area contributed by atoms with Gasteiger partial charge in [-0.2, -0.15) is 0 Å². The summed E-state index contributed by atoms with van der Waals surface area (Å²) in [5.41, 5.74) is 0.743. The van der Waals surface area contributed by atoms with E-state index in [0.717, 1.165) is 18.7 Å². The first-order valence-electron chi connectivity index (χ1n) is 9.38. The van der Waals surface area contributed by atoms with Crippen LogP contribution in [0.4, 0.5) is 30.9 Å². The van der Waals surface area contributed by atoms with Crippen molar-refractivity contribution < 1.29 is 18.4 Å². The molecular weight excluding hydrogens is 382 g/mol. The van der Waals surface area contributed by atoms with Gasteiger partial charge in [-0.25, -0.2) is 23.5 Å². The fourth-order valence-electron chi connectivity index (χ4n) is 3.81. The second-order valence-corrected chi connectivity index (χ2v) is 7.43. The number of nitrogens with one attached hydrogen (secondary N) is 2. The van der Waals surface area contributed by atoms with Crippen LogP contribution in [0.1, 0.15) is 23.3 Å². The van der Waals surface area contributed by atoms with Gasteiger partial charge in [-0.15, -0.1) is 0 Å². The quantitative estimate of drug-likeness (QED) is 0.825. The summed E-state index contributed by atoms with van der Waals surface area (Å²) in [4.78, 5) is 37.5. The Morgan fingerprint density at radius 1 is 1.21 bits per heavy atom. The van der Waals surface area contributed by atoms with E-state index in [-0.39, 0.29) is 18.2 Å². The van der Waals surface area contributed by atoms with E-state index in [9.17, 15) is 18.4 Å². The van der Waals surface area contributed by atoms with Crippen molar-refractivity contribution in [3.8, 4) is 0 Å². The Morgan fingerprint density at radius 3 is 2.76 bits per heavy atom. The molecule has 1 saturated carbocycles. The number of aromatic nitrogens is 2. The predicted molar refractivity (Wildman–Crippen MR) is 101 cm³/mol. The third kappa shape index (κ3) is 3.14. The molecule has 0 radical (unpaired) electrons. The fourth-order valence-corrected chi connectivity index (χ4v) is 3.81. The van der Waals surface area contributed by atoms with Crippen molar-refractivity contribution in [2.75, 3.05) is 28.2 Å². The van der Waals surface area contributed by atoms with Gasteiger partial charge in [0.15, 0.2) is 5.82 Å². The number of anilines is 3. The summed E-state index contributed by atoms with van der Waals surface area (Å²) in [5, 5.41) is 5.05. The molecule has 2 bridgehead atoms. The van der Waals surface area contributed by atoms with Gasteiger partial charge in [0, 0.05) is 25.7 Å². The highest BCUT2D eigenvalue weighted by molar-refractivity contribution is 6.05. The summed E-state index contributed by atoms with van der Waals surface area (Å²) in [6, 6.07) is 6.76. The summed E-state index contributed by atoms with van der Waals surface area (Å²) < 4.78 is 26.2. The lowest BCUT2D eigenvalue weighted by atomic mass is 10.1. The maximum Gasteiger partial charge on any atom is 0.329 e. The van der Waals surface area contributed by atoms with E-state index in [0.29, 0.717) is 18.2 Å². The number of carbonyl (C=O) groups is 2. The minimum Gasteiger partial charge on any atom is -0.366 e. The van der Waals surface area contributed by atoms with E-state index in [2.05, 4.69) is 25.5 Å². The zero-order valence-electron chi connectivity index (χ0n) is 15.3. The number of nitrogens with zero attached hydrogens (tertiary/aromatic N) is 4. The van der Waals surface area contributed by atoms with Crippen LogP contribution in [-0.4, -0.2) is 53.0 Å². The number of pyridine rings is 2. The van der Waals surface area contributed by atoms with Crippen LogP contribution in [0.3, 0.4) is 0 Å². The minimum absolute atomic E-state index is 0.00425. The van der Waals surface area contributed by atoms with Crippen molar-refractivity contribution in [3.63, 3.8) is 0 Å². The third-order valence-corrected chi connectivity index (χ3v) is 5.43. The molecule has 8 nitrogen and oxygen atoms in total.